The van der Waals surface area contributed by atoms with Crippen LogP contribution >= 0.6 is 0 Å². The third-order valence-corrected chi connectivity index (χ3v) is 2.00. The zero-order valence-corrected chi connectivity index (χ0v) is 10.5. The number of carbonyl (C=O) groups is 1. The third kappa shape index (κ3) is 7.16. The minimum atomic E-state index is 0.0185. The lowest BCUT2D eigenvalue weighted by Gasteiger charge is -2.21. The van der Waals surface area contributed by atoms with Crippen molar-refractivity contribution in [3.8, 4) is 0 Å². The largest absolute Gasteiger partial charge is 0.379 e. The van der Waals surface area contributed by atoms with E-state index in [2.05, 4.69) is 11.9 Å². The molecular formula is C10H23N3O2. The molecule has 0 aromatic heterocycles. The number of urea groups is 1. The standard InChI is InChI=1S/C5H12N2O.C5H11NO/c1-6(2)5(8)7(3)4;1-6-2-4-7-5-3-6/h1-4H3;2-5H2,1H3. The predicted molar refractivity (Wildman–Crippen MR) is 61.1 cm³/mol. The number of morpholine rings is 1. The summed E-state index contributed by atoms with van der Waals surface area (Å²) in [5.41, 5.74) is 0. The molecule has 0 aromatic rings. The maximum absolute atomic E-state index is 10.7. The average molecular weight is 217 g/mol. The highest BCUT2D eigenvalue weighted by atomic mass is 16.5. The molecule has 5 nitrogen and oxygen atoms in total. The van der Waals surface area contributed by atoms with Gasteiger partial charge in [-0.1, -0.05) is 0 Å². The molecule has 15 heavy (non-hydrogen) atoms. The monoisotopic (exact) mass is 217 g/mol. The van der Waals surface area contributed by atoms with E-state index in [-0.39, 0.29) is 6.03 Å². The van der Waals surface area contributed by atoms with Gasteiger partial charge in [-0.3, -0.25) is 0 Å². The second-order valence-corrected chi connectivity index (χ2v) is 3.99. The molecule has 1 aliphatic heterocycles. The molecule has 1 rings (SSSR count). The van der Waals surface area contributed by atoms with Crippen LogP contribution in [0.15, 0.2) is 0 Å². The fraction of sp³-hybridized carbons (Fsp3) is 0.900. The Hall–Kier alpha value is -0.810. The number of nitrogens with zero attached hydrogens (tertiary/aromatic N) is 3. The van der Waals surface area contributed by atoms with Crippen LogP contribution in [0.3, 0.4) is 0 Å². The summed E-state index contributed by atoms with van der Waals surface area (Å²) in [6.07, 6.45) is 0. The van der Waals surface area contributed by atoms with Crippen molar-refractivity contribution in [3.05, 3.63) is 0 Å². The Balaban J connectivity index is 0.000000262. The van der Waals surface area contributed by atoms with E-state index >= 15 is 0 Å². The summed E-state index contributed by atoms with van der Waals surface area (Å²) >= 11 is 0. The zero-order valence-electron chi connectivity index (χ0n) is 10.5. The topological polar surface area (TPSA) is 36.0 Å². The zero-order chi connectivity index (χ0) is 11.8. The molecule has 0 aromatic carbocycles. The van der Waals surface area contributed by atoms with E-state index in [0.717, 1.165) is 26.3 Å². The van der Waals surface area contributed by atoms with Crippen LogP contribution < -0.4 is 0 Å². The molecule has 5 heteroatoms. The highest BCUT2D eigenvalue weighted by Gasteiger charge is 2.03. The lowest BCUT2D eigenvalue weighted by Crippen LogP contribution is -2.33. The van der Waals surface area contributed by atoms with E-state index in [0.29, 0.717) is 0 Å². The van der Waals surface area contributed by atoms with Crippen molar-refractivity contribution in [1.82, 2.24) is 14.7 Å². The van der Waals surface area contributed by atoms with Gasteiger partial charge in [0, 0.05) is 41.3 Å². The van der Waals surface area contributed by atoms with Crippen molar-refractivity contribution in [2.45, 2.75) is 0 Å². The molecular weight excluding hydrogens is 194 g/mol. The summed E-state index contributed by atoms with van der Waals surface area (Å²) in [6.45, 7) is 4.02. The van der Waals surface area contributed by atoms with Gasteiger partial charge in [0.25, 0.3) is 0 Å². The van der Waals surface area contributed by atoms with Gasteiger partial charge in [-0.25, -0.2) is 4.79 Å². The first-order valence-electron chi connectivity index (χ1n) is 5.10. The average Bonchev–Trinajstić information content (AvgIpc) is 2.18. The van der Waals surface area contributed by atoms with Gasteiger partial charge in [-0.2, -0.15) is 0 Å². The Morgan fingerprint density at radius 3 is 1.60 bits per heavy atom. The highest BCUT2D eigenvalue weighted by Crippen LogP contribution is 1.89. The highest BCUT2D eigenvalue weighted by molar-refractivity contribution is 5.72. The molecule has 0 N–H and O–H groups in total. The van der Waals surface area contributed by atoms with Crippen LogP contribution in [0.25, 0.3) is 0 Å². The normalized spacial score (nSPS) is 16.3. The summed E-state index contributed by atoms with van der Waals surface area (Å²) in [6, 6.07) is 0.0185. The lowest BCUT2D eigenvalue weighted by molar-refractivity contribution is 0.0503. The van der Waals surface area contributed by atoms with Crippen LogP contribution in [0.4, 0.5) is 4.79 Å². The summed E-state index contributed by atoms with van der Waals surface area (Å²) in [5.74, 6) is 0. The molecule has 0 saturated carbocycles. The number of hydrogen-bond donors (Lipinski definition) is 0. The van der Waals surface area contributed by atoms with Crippen molar-refractivity contribution >= 4 is 6.03 Å². The van der Waals surface area contributed by atoms with Crippen molar-refractivity contribution in [2.24, 2.45) is 0 Å². The molecule has 90 valence electrons. The van der Waals surface area contributed by atoms with E-state index in [1.165, 1.54) is 9.80 Å². The van der Waals surface area contributed by atoms with Crippen LogP contribution in [-0.2, 0) is 4.74 Å². The summed E-state index contributed by atoms with van der Waals surface area (Å²) in [5, 5.41) is 0. The number of amides is 2. The fourth-order valence-corrected chi connectivity index (χ4v) is 1.05. The third-order valence-electron chi connectivity index (χ3n) is 2.00. The molecule has 1 aliphatic rings. The van der Waals surface area contributed by atoms with E-state index in [1.807, 2.05) is 0 Å². The number of carbonyl (C=O) groups excluding carboxylic acids is 1. The summed E-state index contributed by atoms with van der Waals surface area (Å²) in [4.78, 5) is 16.0. The first-order chi connectivity index (χ1) is 6.95. The van der Waals surface area contributed by atoms with Crippen molar-refractivity contribution in [2.75, 3.05) is 61.5 Å². The Bertz CT molecular complexity index is 168. The number of ether oxygens (including phenoxy) is 1. The van der Waals surface area contributed by atoms with Gasteiger partial charge in [0.05, 0.1) is 13.2 Å². The van der Waals surface area contributed by atoms with E-state index < -0.39 is 0 Å². The molecule has 0 aliphatic carbocycles. The summed E-state index contributed by atoms with van der Waals surface area (Å²) < 4.78 is 5.10. The van der Waals surface area contributed by atoms with Gasteiger partial charge in [0.1, 0.15) is 0 Å². The first-order valence-corrected chi connectivity index (χ1v) is 5.10. The van der Waals surface area contributed by atoms with Gasteiger partial charge in [0.15, 0.2) is 0 Å². The van der Waals surface area contributed by atoms with Crippen LogP contribution in [0.5, 0.6) is 0 Å². The van der Waals surface area contributed by atoms with Crippen LogP contribution in [0.1, 0.15) is 0 Å². The number of likely N-dealkylation sites (N-methyl/N-ethyl adjacent to an activating group) is 1. The SMILES string of the molecule is CN(C)C(=O)N(C)C.CN1CCOCC1. The second-order valence-electron chi connectivity index (χ2n) is 3.99. The van der Waals surface area contributed by atoms with Crippen LogP contribution in [-0.4, -0.2) is 82.3 Å². The second kappa shape index (κ2) is 7.48. The Morgan fingerprint density at radius 2 is 1.47 bits per heavy atom. The molecule has 1 saturated heterocycles. The smallest absolute Gasteiger partial charge is 0.318 e. The van der Waals surface area contributed by atoms with Crippen LogP contribution in [0, 0.1) is 0 Å². The van der Waals surface area contributed by atoms with Gasteiger partial charge in [0.2, 0.25) is 0 Å². The fourth-order valence-electron chi connectivity index (χ4n) is 1.05. The Morgan fingerprint density at radius 1 is 1.07 bits per heavy atom. The minimum absolute atomic E-state index is 0.0185. The molecule has 0 radical (unpaired) electrons. The number of rotatable bonds is 0. The van der Waals surface area contributed by atoms with E-state index in [4.69, 9.17) is 4.74 Å². The van der Waals surface area contributed by atoms with E-state index in [9.17, 15) is 4.79 Å². The molecule has 1 heterocycles. The molecule has 0 bridgehead atoms. The van der Waals surface area contributed by atoms with Gasteiger partial charge < -0.3 is 19.4 Å². The molecule has 0 spiro atoms. The first kappa shape index (κ1) is 14.2. The Labute approximate surface area is 92.6 Å². The lowest BCUT2D eigenvalue weighted by atomic mass is 10.5. The van der Waals surface area contributed by atoms with Gasteiger partial charge >= 0.3 is 6.03 Å². The quantitative estimate of drug-likeness (QED) is 0.580. The molecule has 1 fully saturated rings. The maximum atomic E-state index is 10.7. The minimum Gasteiger partial charge on any atom is -0.379 e. The molecule has 0 atom stereocenters. The van der Waals surface area contributed by atoms with Crippen LogP contribution in [0.2, 0.25) is 0 Å². The van der Waals surface area contributed by atoms with Gasteiger partial charge in [-0.15, -0.1) is 0 Å². The summed E-state index contributed by atoms with van der Waals surface area (Å²) in [7, 11) is 9.01. The van der Waals surface area contributed by atoms with Crippen molar-refractivity contribution < 1.29 is 9.53 Å². The molecule has 0 unspecified atom stereocenters. The maximum Gasteiger partial charge on any atom is 0.318 e. The van der Waals surface area contributed by atoms with Gasteiger partial charge in [-0.05, 0) is 7.05 Å². The Kier molecular flexibility index (Phi) is 7.07. The van der Waals surface area contributed by atoms with Crippen molar-refractivity contribution in [1.29, 1.82) is 0 Å². The van der Waals surface area contributed by atoms with Crippen molar-refractivity contribution in [3.63, 3.8) is 0 Å². The predicted octanol–water partition coefficient (Wildman–Crippen LogP) is 0.178. The number of hydrogen-bond acceptors (Lipinski definition) is 3. The molecule has 2 amide bonds. The van der Waals surface area contributed by atoms with E-state index in [1.54, 1.807) is 28.2 Å².